The van der Waals surface area contributed by atoms with Crippen molar-refractivity contribution in [1.82, 2.24) is 0 Å². The van der Waals surface area contributed by atoms with Gasteiger partial charge in [0.25, 0.3) is 5.69 Å². The van der Waals surface area contributed by atoms with Crippen LogP contribution in [0.5, 0.6) is 0 Å². The summed E-state index contributed by atoms with van der Waals surface area (Å²) in [5.74, 6) is -0.481. The summed E-state index contributed by atoms with van der Waals surface area (Å²) in [6, 6.07) is 2.33. The Bertz CT molecular complexity index is 352. The molecule has 13 heavy (non-hydrogen) atoms. The number of nitrogens with zero attached hydrogens (tertiary/aromatic N) is 1. The van der Waals surface area contributed by atoms with Crippen LogP contribution in [0.25, 0.3) is 0 Å². The summed E-state index contributed by atoms with van der Waals surface area (Å²) in [4.78, 5) is 9.92. The van der Waals surface area contributed by atoms with Crippen LogP contribution in [0, 0.1) is 22.9 Å². The van der Waals surface area contributed by atoms with Crippen molar-refractivity contribution in [2.24, 2.45) is 0 Å². The number of anilines is 1. The highest BCUT2D eigenvalue weighted by Crippen LogP contribution is 2.24. The molecule has 0 bridgehead atoms. The quantitative estimate of drug-likeness (QED) is 0.565. The fraction of sp³-hybridized carbons (Fsp3) is 0.250. The summed E-state index contributed by atoms with van der Waals surface area (Å²) in [5, 5.41) is 13.0. The molecule has 1 aromatic carbocycles. The Morgan fingerprint density at radius 2 is 2.15 bits per heavy atom. The maximum Gasteiger partial charge on any atom is 0.274 e. The van der Waals surface area contributed by atoms with Crippen molar-refractivity contribution < 1.29 is 9.31 Å². The van der Waals surface area contributed by atoms with Crippen LogP contribution < -0.4 is 5.32 Å². The molecule has 0 amide bonds. The van der Waals surface area contributed by atoms with Crippen molar-refractivity contribution in [3.63, 3.8) is 0 Å². The minimum atomic E-state index is -0.532. The van der Waals surface area contributed by atoms with Crippen molar-refractivity contribution in [2.75, 3.05) is 12.4 Å². The van der Waals surface area contributed by atoms with Crippen LogP contribution in [0.1, 0.15) is 5.56 Å². The third kappa shape index (κ3) is 1.74. The van der Waals surface area contributed by atoms with Gasteiger partial charge in [0.1, 0.15) is 5.82 Å². The number of benzene rings is 1. The van der Waals surface area contributed by atoms with Crippen molar-refractivity contribution in [3.8, 4) is 0 Å². The van der Waals surface area contributed by atoms with E-state index in [4.69, 9.17) is 0 Å². The average molecular weight is 184 g/mol. The predicted octanol–water partition coefficient (Wildman–Crippen LogP) is 2.08. The van der Waals surface area contributed by atoms with Crippen LogP contribution in [0.4, 0.5) is 15.8 Å². The van der Waals surface area contributed by atoms with E-state index in [-0.39, 0.29) is 11.4 Å². The number of halogens is 1. The molecule has 0 spiro atoms. The monoisotopic (exact) mass is 184 g/mol. The normalized spacial score (nSPS) is 9.77. The number of nitrogens with one attached hydrogen (secondary N) is 1. The molecule has 0 fully saturated rings. The van der Waals surface area contributed by atoms with Crippen LogP contribution in [0.15, 0.2) is 12.1 Å². The van der Waals surface area contributed by atoms with E-state index in [1.165, 1.54) is 20.0 Å². The van der Waals surface area contributed by atoms with Gasteiger partial charge in [0, 0.05) is 18.7 Å². The van der Waals surface area contributed by atoms with Gasteiger partial charge in [0.2, 0.25) is 0 Å². The lowest BCUT2D eigenvalue weighted by Crippen LogP contribution is -1.97. The molecule has 0 aromatic heterocycles. The molecule has 0 heterocycles. The van der Waals surface area contributed by atoms with Crippen LogP contribution in [-0.4, -0.2) is 12.0 Å². The van der Waals surface area contributed by atoms with Crippen molar-refractivity contribution in [2.45, 2.75) is 6.92 Å². The summed E-state index contributed by atoms with van der Waals surface area (Å²) in [6.07, 6.45) is 0. The standard InChI is InChI=1S/C8H9FN2O2/c1-5-3-6(9)7(10-2)4-8(5)11(12)13/h3-4,10H,1-2H3. The van der Waals surface area contributed by atoms with Gasteiger partial charge in [-0.05, 0) is 13.0 Å². The van der Waals surface area contributed by atoms with Gasteiger partial charge in [0.05, 0.1) is 10.6 Å². The molecule has 1 aromatic rings. The molecule has 0 saturated carbocycles. The van der Waals surface area contributed by atoms with Crippen LogP contribution in [0.2, 0.25) is 0 Å². The Labute approximate surface area is 74.5 Å². The van der Waals surface area contributed by atoms with E-state index in [0.29, 0.717) is 5.56 Å². The number of hydrogen-bond donors (Lipinski definition) is 1. The van der Waals surface area contributed by atoms with E-state index in [9.17, 15) is 14.5 Å². The smallest absolute Gasteiger partial charge is 0.274 e. The van der Waals surface area contributed by atoms with Gasteiger partial charge in [-0.1, -0.05) is 0 Å². The Kier molecular flexibility index (Phi) is 2.46. The maximum absolute atomic E-state index is 13.0. The molecule has 0 aliphatic rings. The average Bonchev–Trinajstić information content (AvgIpc) is 2.03. The van der Waals surface area contributed by atoms with Crippen LogP contribution in [0.3, 0.4) is 0 Å². The largest absolute Gasteiger partial charge is 0.386 e. The number of rotatable bonds is 2. The highest BCUT2D eigenvalue weighted by atomic mass is 19.1. The highest BCUT2D eigenvalue weighted by Gasteiger charge is 2.14. The van der Waals surface area contributed by atoms with E-state index in [1.807, 2.05) is 0 Å². The fourth-order valence-corrected chi connectivity index (χ4v) is 1.05. The van der Waals surface area contributed by atoms with Crippen LogP contribution >= 0.6 is 0 Å². The third-order valence-electron chi connectivity index (χ3n) is 1.75. The first-order valence-electron chi connectivity index (χ1n) is 3.68. The molecular formula is C8H9FN2O2. The van der Waals surface area contributed by atoms with Crippen molar-refractivity contribution >= 4 is 11.4 Å². The number of nitro benzene ring substituents is 1. The molecule has 1 rings (SSSR count). The third-order valence-corrected chi connectivity index (χ3v) is 1.75. The molecule has 0 atom stereocenters. The zero-order chi connectivity index (χ0) is 10.0. The second-order valence-electron chi connectivity index (χ2n) is 2.63. The Balaban J connectivity index is 3.30. The summed E-state index contributed by atoms with van der Waals surface area (Å²) in [7, 11) is 1.51. The summed E-state index contributed by atoms with van der Waals surface area (Å²) in [6.45, 7) is 1.50. The minimum Gasteiger partial charge on any atom is -0.386 e. The first-order valence-corrected chi connectivity index (χ1v) is 3.68. The lowest BCUT2D eigenvalue weighted by Gasteiger charge is -2.03. The van der Waals surface area contributed by atoms with Crippen molar-refractivity contribution in [3.05, 3.63) is 33.6 Å². The zero-order valence-corrected chi connectivity index (χ0v) is 7.30. The first kappa shape index (κ1) is 9.44. The summed E-state index contributed by atoms with van der Waals surface area (Å²) < 4.78 is 13.0. The Hall–Kier alpha value is -1.65. The first-order chi connectivity index (χ1) is 6.06. The van der Waals surface area contributed by atoms with Gasteiger partial charge in [-0.25, -0.2) is 4.39 Å². The fourth-order valence-electron chi connectivity index (χ4n) is 1.05. The molecule has 0 aliphatic heterocycles. The molecule has 0 unspecified atom stereocenters. The molecule has 0 radical (unpaired) electrons. The number of hydrogen-bond acceptors (Lipinski definition) is 3. The Morgan fingerprint density at radius 3 is 2.62 bits per heavy atom. The molecule has 0 aliphatic carbocycles. The van der Waals surface area contributed by atoms with Gasteiger partial charge in [-0.2, -0.15) is 0 Å². The second-order valence-corrected chi connectivity index (χ2v) is 2.63. The minimum absolute atomic E-state index is 0.0780. The maximum atomic E-state index is 13.0. The Morgan fingerprint density at radius 1 is 1.54 bits per heavy atom. The van der Waals surface area contributed by atoms with E-state index in [1.54, 1.807) is 0 Å². The van der Waals surface area contributed by atoms with Gasteiger partial charge < -0.3 is 5.32 Å². The number of aryl methyl sites for hydroxylation is 1. The molecule has 5 heteroatoms. The molecule has 1 N–H and O–H groups in total. The lowest BCUT2D eigenvalue weighted by atomic mass is 10.2. The second kappa shape index (κ2) is 3.38. The van der Waals surface area contributed by atoms with Gasteiger partial charge in [0.15, 0.2) is 0 Å². The highest BCUT2D eigenvalue weighted by molar-refractivity contribution is 5.55. The van der Waals surface area contributed by atoms with E-state index < -0.39 is 10.7 Å². The van der Waals surface area contributed by atoms with Gasteiger partial charge >= 0.3 is 0 Å². The van der Waals surface area contributed by atoms with Crippen LogP contribution in [-0.2, 0) is 0 Å². The molecular weight excluding hydrogens is 175 g/mol. The SMILES string of the molecule is CNc1cc([N+](=O)[O-])c(C)cc1F. The topological polar surface area (TPSA) is 55.2 Å². The van der Waals surface area contributed by atoms with E-state index in [2.05, 4.69) is 5.32 Å². The number of nitro groups is 1. The van der Waals surface area contributed by atoms with E-state index in [0.717, 1.165) is 6.07 Å². The summed E-state index contributed by atoms with van der Waals surface area (Å²) >= 11 is 0. The predicted molar refractivity (Wildman–Crippen MR) is 47.3 cm³/mol. The van der Waals surface area contributed by atoms with Crippen molar-refractivity contribution in [1.29, 1.82) is 0 Å². The molecule has 0 saturated heterocycles. The van der Waals surface area contributed by atoms with Gasteiger partial charge in [-0.3, -0.25) is 10.1 Å². The molecule has 70 valence electrons. The van der Waals surface area contributed by atoms with E-state index >= 15 is 0 Å². The zero-order valence-electron chi connectivity index (χ0n) is 7.30. The van der Waals surface area contributed by atoms with Gasteiger partial charge in [-0.15, -0.1) is 0 Å². The lowest BCUT2D eigenvalue weighted by molar-refractivity contribution is -0.385. The summed E-state index contributed by atoms with van der Waals surface area (Å²) in [5.41, 5.74) is 0.379. The molecule has 4 nitrogen and oxygen atoms in total.